The van der Waals surface area contributed by atoms with E-state index in [1.165, 1.54) is 0 Å². The Labute approximate surface area is 116 Å². The fourth-order valence-corrected chi connectivity index (χ4v) is 3.02. The molecule has 1 aliphatic rings. The molecular formula is C12H14ClNO4S. The SMILES string of the molecule is O=C(OCc1ccccc1)C1CCN(S(=O)(=O)Cl)C1. The van der Waals surface area contributed by atoms with Gasteiger partial charge in [0.25, 0.3) is 9.24 Å². The van der Waals surface area contributed by atoms with Gasteiger partial charge in [-0.15, -0.1) is 0 Å². The normalized spacial score (nSPS) is 20.4. The van der Waals surface area contributed by atoms with E-state index in [-0.39, 0.29) is 25.7 Å². The zero-order valence-corrected chi connectivity index (χ0v) is 11.7. The topological polar surface area (TPSA) is 63.7 Å². The second-order valence-electron chi connectivity index (χ2n) is 4.38. The predicted molar refractivity (Wildman–Crippen MR) is 70.7 cm³/mol. The lowest BCUT2D eigenvalue weighted by atomic mass is 10.1. The zero-order valence-electron chi connectivity index (χ0n) is 10.2. The average molecular weight is 304 g/mol. The molecule has 0 saturated carbocycles. The first-order chi connectivity index (χ1) is 8.97. The number of nitrogens with zero attached hydrogens (tertiary/aromatic N) is 1. The largest absolute Gasteiger partial charge is 0.461 e. The Morgan fingerprint density at radius 2 is 2.05 bits per heavy atom. The van der Waals surface area contributed by atoms with Gasteiger partial charge < -0.3 is 4.74 Å². The summed E-state index contributed by atoms with van der Waals surface area (Å²) in [4.78, 5) is 11.8. The van der Waals surface area contributed by atoms with Crippen molar-refractivity contribution in [2.75, 3.05) is 13.1 Å². The first-order valence-electron chi connectivity index (χ1n) is 5.87. The van der Waals surface area contributed by atoms with Gasteiger partial charge in [-0.2, -0.15) is 12.7 Å². The smallest absolute Gasteiger partial charge is 0.310 e. The number of esters is 1. The predicted octanol–water partition coefficient (Wildman–Crippen LogP) is 1.54. The molecule has 1 atom stereocenters. The highest BCUT2D eigenvalue weighted by molar-refractivity contribution is 8.11. The molecule has 1 heterocycles. The van der Waals surface area contributed by atoms with Crippen molar-refractivity contribution in [2.24, 2.45) is 5.92 Å². The molecule has 1 aliphatic heterocycles. The van der Waals surface area contributed by atoms with E-state index < -0.39 is 15.2 Å². The van der Waals surface area contributed by atoms with E-state index in [9.17, 15) is 13.2 Å². The maximum atomic E-state index is 11.8. The number of carbonyl (C=O) groups is 1. The van der Waals surface area contributed by atoms with Crippen molar-refractivity contribution in [1.82, 2.24) is 4.31 Å². The molecule has 0 amide bonds. The second kappa shape index (κ2) is 5.90. The van der Waals surface area contributed by atoms with Crippen LogP contribution in [0.3, 0.4) is 0 Å². The van der Waals surface area contributed by atoms with E-state index in [1.807, 2.05) is 30.3 Å². The number of carbonyl (C=O) groups excluding carboxylic acids is 1. The molecule has 0 N–H and O–H groups in total. The van der Waals surface area contributed by atoms with Crippen molar-refractivity contribution in [2.45, 2.75) is 13.0 Å². The van der Waals surface area contributed by atoms with Crippen molar-refractivity contribution >= 4 is 25.9 Å². The Morgan fingerprint density at radius 3 is 2.63 bits per heavy atom. The molecule has 1 fully saturated rings. The van der Waals surface area contributed by atoms with Crippen LogP contribution >= 0.6 is 10.7 Å². The second-order valence-corrected chi connectivity index (χ2v) is 6.89. The fraction of sp³-hybridized carbons (Fsp3) is 0.417. The molecule has 2 rings (SSSR count). The van der Waals surface area contributed by atoms with Crippen LogP contribution in [0, 0.1) is 5.92 Å². The molecule has 1 saturated heterocycles. The lowest BCUT2D eigenvalue weighted by Crippen LogP contribution is -2.27. The van der Waals surface area contributed by atoms with E-state index in [1.54, 1.807) is 0 Å². The van der Waals surface area contributed by atoms with Crippen LogP contribution in [0.25, 0.3) is 0 Å². The first kappa shape index (κ1) is 14.3. The third kappa shape index (κ3) is 3.92. The summed E-state index contributed by atoms with van der Waals surface area (Å²) in [6.07, 6.45) is 0.444. The Balaban J connectivity index is 1.85. The number of halogens is 1. The van der Waals surface area contributed by atoms with Gasteiger partial charge in [0.05, 0.1) is 5.92 Å². The quantitative estimate of drug-likeness (QED) is 0.625. The highest BCUT2D eigenvalue weighted by Gasteiger charge is 2.34. The van der Waals surface area contributed by atoms with Crippen molar-refractivity contribution in [3.8, 4) is 0 Å². The fourth-order valence-electron chi connectivity index (χ4n) is 1.97. The van der Waals surface area contributed by atoms with Crippen LogP contribution in [0.2, 0.25) is 0 Å². The summed E-state index contributed by atoms with van der Waals surface area (Å²) < 4.78 is 28.5. The summed E-state index contributed by atoms with van der Waals surface area (Å²) in [6, 6.07) is 9.32. The van der Waals surface area contributed by atoms with Crippen LogP contribution in [0.5, 0.6) is 0 Å². The number of hydrogen-bond acceptors (Lipinski definition) is 4. The summed E-state index contributed by atoms with van der Waals surface area (Å²) in [5.74, 6) is -0.816. The summed E-state index contributed by atoms with van der Waals surface area (Å²) in [6.45, 7) is 0.556. The van der Waals surface area contributed by atoms with Crippen LogP contribution in [0.15, 0.2) is 30.3 Å². The minimum Gasteiger partial charge on any atom is -0.461 e. The van der Waals surface area contributed by atoms with Crippen molar-refractivity contribution in [3.63, 3.8) is 0 Å². The van der Waals surface area contributed by atoms with Crippen molar-refractivity contribution in [1.29, 1.82) is 0 Å². The standard InChI is InChI=1S/C12H14ClNO4S/c13-19(16,17)14-7-6-11(8-14)12(15)18-9-10-4-2-1-3-5-10/h1-5,11H,6-9H2. The van der Waals surface area contributed by atoms with Crippen LogP contribution in [-0.4, -0.2) is 31.8 Å². The van der Waals surface area contributed by atoms with Gasteiger partial charge in [-0.25, -0.2) is 0 Å². The molecule has 5 nitrogen and oxygen atoms in total. The van der Waals surface area contributed by atoms with E-state index in [4.69, 9.17) is 15.4 Å². The summed E-state index contributed by atoms with van der Waals surface area (Å²) >= 11 is 0. The monoisotopic (exact) mass is 303 g/mol. The Kier molecular flexibility index (Phi) is 4.44. The van der Waals surface area contributed by atoms with Gasteiger partial charge in [-0.05, 0) is 12.0 Å². The van der Waals surface area contributed by atoms with E-state index in [2.05, 4.69) is 0 Å². The molecule has 1 aromatic rings. The molecule has 0 aliphatic carbocycles. The highest BCUT2D eigenvalue weighted by atomic mass is 35.7. The molecule has 104 valence electrons. The lowest BCUT2D eigenvalue weighted by molar-refractivity contribution is -0.149. The number of benzene rings is 1. The van der Waals surface area contributed by atoms with Gasteiger partial charge >= 0.3 is 5.97 Å². The summed E-state index contributed by atoms with van der Waals surface area (Å²) in [5.41, 5.74) is 0.899. The Morgan fingerprint density at radius 1 is 1.37 bits per heavy atom. The van der Waals surface area contributed by atoms with Gasteiger partial charge in [0.2, 0.25) is 0 Å². The molecular weight excluding hydrogens is 290 g/mol. The molecule has 7 heteroatoms. The highest BCUT2D eigenvalue weighted by Crippen LogP contribution is 2.22. The molecule has 1 unspecified atom stereocenters. The van der Waals surface area contributed by atoms with Crippen LogP contribution in [-0.2, 0) is 25.4 Å². The van der Waals surface area contributed by atoms with Gasteiger partial charge in [0.15, 0.2) is 0 Å². The minimum atomic E-state index is -3.74. The number of ether oxygens (including phenoxy) is 1. The van der Waals surface area contributed by atoms with Gasteiger partial charge in [-0.1, -0.05) is 30.3 Å². The molecule has 0 spiro atoms. The number of rotatable bonds is 4. The molecule has 0 aromatic heterocycles. The maximum absolute atomic E-state index is 11.8. The third-order valence-electron chi connectivity index (χ3n) is 3.02. The van der Waals surface area contributed by atoms with Crippen LogP contribution in [0.4, 0.5) is 0 Å². The molecule has 0 radical (unpaired) electrons. The van der Waals surface area contributed by atoms with Gasteiger partial charge in [-0.3, -0.25) is 4.79 Å². The maximum Gasteiger partial charge on any atom is 0.310 e. The summed E-state index contributed by atoms with van der Waals surface area (Å²) in [7, 11) is 1.49. The third-order valence-corrected chi connectivity index (χ3v) is 4.55. The lowest BCUT2D eigenvalue weighted by Gasteiger charge is -2.11. The average Bonchev–Trinajstić information content (AvgIpc) is 2.87. The van der Waals surface area contributed by atoms with E-state index >= 15 is 0 Å². The van der Waals surface area contributed by atoms with Crippen LogP contribution < -0.4 is 0 Å². The first-order valence-corrected chi connectivity index (χ1v) is 8.14. The Hall–Kier alpha value is -1.11. The molecule has 1 aromatic carbocycles. The van der Waals surface area contributed by atoms with Gasteiger partial charge in [0, 0.05) is 23.8 Å². The molecule has 0 bridgehead atoms. The summed E-state index contributed by atoms with van der Waals surface area (Å²) in [5, 5.41) is 0. The zero-order chi connectivity index (χ0) is 13.9. The Bertz CT molecular complexity index is 546. The number of hydrogen-bond donors (Lipinski definition) is 0. The van der Waals surface area contributed by atoms with Crippen molar-refractivity contribution in [3.05, 3.63) is 35.9 Å². The van der Waals surface area contributed by atoms with Gasteiger partial charge in [0.1, 0.15) is 6.61 Å². The molecule has 19 heavy (non-hydrogen) atoms. The van der Waals surface area contributed by atoms with E-state index in [0.717, 1.165) is 9.87 Å². The minimum absolute atomic E-state index is 0.0967. The van der Waals surface area contributed by atoms with Crippen molar-refractivity contribution < 1.29 is 17.9 Å². The van der Waals surface area contributed by atoms with Crippen LogP contribution in [0.1, 0.15) is 12.0 Å². The van der Waals surface area contributed by atoms with E-state index in [0.29, 0.717) is 6.42 Å².